The van der Waals surface area contributed by atoms with Crippen LogP contribution in [-0.2, 0) is 14.9 Å². The Labute approximate surface area is 153 Å². The van der Waals surface area contributed by atoms with E-state index in [2.05, 4.69) is 42.6 Å². The van der Waals surface area contributed by atoms with Crippen LogP contribution in [0.5, 0.6) is 0 Å². The maximum atomic E-state index is 13.9. The highest BCUT2D eigenvalue weighted by Gasteiger charge is 2.89. The fourth-order valence-electron chi connectivity index (χ4n) is 8.20. The average molecular weight is 352 g/mol. The number of carbonyl (C=O) groups is 1. The summed E-state index contributed by atoms with van der Waals surface area (Å²) >= 11 is 0. The van der Waals surface area contributed by atoms with Crippen molar-refractivity contribution in [3.05, 3.63) is 47.2 Å². The summed E-state index contributed by atoms with van der Waals surface area (Å²) in [7, 11) is 1.48. The van der Waals surface area contributed by atoms with Crippen molar-refractivity contribution in [2.75, 3.05) is 25.5 Å². The van der Waals surface area contributed by atoms with Crippen molar-refractivity contribution in [1.82, 2.24) is 0 Å². The molecule has 0 radical (unpaired) electrons. The van der Waals surface area contributed by atoms with E-state index in [4.69, 9.17) is 4.74 Å². The zero-order valence-corrected chi connectivity index (χ0v) is 15.2. The van der Waals surface area contributed by atoms with Crippen molar-refractivity contribution in [2.24, 2.45) is 17.3 Å². The molecule has 3 aliphatic heterocycles. The second-order valence-corrected chi connectivity index (χ2v) is 9.04. The van der Waals surface area contributed by atoms with Crippen LogP contribution in [0.1, 0.15) is 25.3 Å². The Bertz CT molecular complexity index is 884. The summed E-state index contributed by atoms with van der Waals surface area (Å²) < 4.78 is 5.12. The van der Waals surface area contributed by atoms with Gasteiger partial charge in [0.1, 0.15) is 6.04 Å². The van der Waals surface area contributed by atoms with Crippen LogP contribution in [0.25, 0.3) is 0 Å². The molecule has 136 valence electrons. The SMILES string of the molecule is COC(=O)C1CC23C=CC[N+]4([O-])CCC5(c6ccccc6NC15[C@@H]2C)C34. The van der Waals surface area contributed by atoms with E-state index in [1.165, 1.54) is 12.7 Å². The van der Waals surface area contributed by atoms with Gasteiger partial charge in [0.05, 0.1) is 37.1 Å². The van der Waals surface area contributed by atoms with E-state index in [1.54, 1.807) is 0 Å². The van der Waals surface area contributed by atoms with Gasteiger partial charge >= 0.3 is 5.97 Å². The van der Waals surface area contributed by atoms with E-state index in [0.29, 0.717) is 19.5 Å². The number of rotatable bonds is 1. The van der Waals surface area contributed by atoms with Gasteiger partial charge in [-0.25, -0.2) is 0 Å². The van der Waals surface area contributed by atoms with Gasteiger partial charge in [0.25, 0.3) is 0 Å². The van der Waals surface area contributed by atoms with Crippen molar-refractivity contribution in [3.63, 3.8) is 0 Å². The predicted octanol–water partition coefficient (Wildman–Crippen LogP) is 2.57. The summed E-state index contributed by atoms with van der Waals surface area (Å²) in [6.07, 6.45) is 5.93. The summed E-state index contributed by atoms with van der Waals surface area (Å²) in [5.74, 6) is -0.151. The van der Waals surface area contributed by atoms with Gasteiger partial charge in [0, 0.05) is 17.5 Å². The third kappa shape index (κ3) is 1.19. The maximum absolute atomic E-state index is 13.9. The highest BCUT2D eigenvalue weighted by molar-refractivity contribution is 5.82. The number of hydrogen-bond donors (Lipinski definition) is 1. The van der Waals surface area contributed by atoms with Crippen LogP contribution < -0.4 is 5.32 Å². The lowest BCUT2D eigenvalue weighted by atomic mass is 9.57. The molecule has 1 aromatic rings. The Morgan fingerprint density at radius 2 is 2.19 bits per heavy atom. The molecule has 5 aliphatic rings. The summed E-state index contributed by atoms with van der Waals surface area (Å²) in [6, 6.07) is 8.39. The zero-order chi connectivity index (χ0) is 17.9. The number of quaternary nitrogens is 1. The molecule has 3 fully saturated rings. The van der Waals surface area contributed by atoms with Crippen LogP contribution in [0.15, 0.2) is 36.4 Å². The minimum atomic E-state index is -0.423. The van der Waals surface area contributed by atoms with Crippen LogP contribution in [-0.4, -0.2) is 42.4 Å². The van der Waals surface area contributed by atoms with Crippen LogP contribution in [0.3, 0.4) is 0 Å². The predicted molar refractivity (Wildman–Crippen MR) is 97.1 cm³/mol. The van der Waals surface area contributed by atoms with Gasteiger partial charge in [-0.3, -0.25) is 4.79 Å². The fraction of sp³-hybridized carbons (Fsp3) is 0.571. The van der Waals surface area contributed by atoms with Crippen LogP contribution in [0.2, 0.25) is 0 Å². The number of benzene rings is 1. The Kier molecular flexibility index (Phi) is 2.45. The van der Waals surface area contributed by atoms with E-state index in [0.717, 1.165) is 12.1 Å². The third-order valence-electron chi connectivity index (χ3n) is 8.74. The number of nitrogens with zero attached hydrogens (tertiary/aromatic N) is 1. The summed E-state index contributed by atoms with van der Waals surface area (Å²) in [6.45, 7) is 3.44. The minimum absolute atomic E-state index is 0.00736. The molecule has 2 bridgehead atoms. The first kappa shape index (κ1) is 15.2. The molecule has 6 rings (SSSR count). The van der Waals surface area contributed by atoms with Gasteiger partial charge in [0.2, 0.25) is 0 Å². The molecular weight excluding hydrogens is 328 g/mol. The lowest BCUT2D eigenvalue weighted by Gasteiger charge is -2.56. The Balaban J connectivity index is 1.71. The lowest BCUT2D eigenvalue weighted by Crippen LogP contribution is -2.66. The van der Waals surface area contributed by atoms with Gasteiger partial charge < -0.3 is 19.9 Å². The fourth-order valence-corrected chi connectivity index (χ4v) is 8.20. The number of nitrogens with one attached hydrogen (secondary N) is 1. The van der Waals surface area contributed by atoms with Crippen molar-refractivity contribution in [3.8, 4) is 0 Å². The van der Waals surface area contributed by atoms with Crippen molar-refractivity contribution >= 4 is 11.7 Å². The van der Waals surface area contributed by atoms with Crippen LogP contribution in [0, 0.1) is 22.5 Å². The number of methoxy groups -OCH3 is 1. The molecular formula is C21H24N2O3. The maximum Gasteiger partial charge on any atom is 0.311 e. The second kappa shape index (κ2) is 4.18. The molecule has 1 saturated heterocycles. The number of carbonyl (C=O) groups excluding carboxylic acids is 1. The number of fused-ring (bicyclic) bond motifs is 1. The summed E-state index contributed by atoms with van der Waals surface area (Å²) in [5.41, 5.74) is 1.42. The van der Waals surface area contributed by atoms with Crippen molar-refractivity contribution < 1.29 is 14.2 Å². The zero-order valence-electron chi connectivity index (χ0n) is 15.2. The Morgan fingerprint density at radius 3 is 3.00 bits per heavy atom. The van der Waals surface area contributed by atoms with Gasteiger partial charge in [-0.15, -0.1) is 0 Å². The molecule has 7 atom stereocenters. The molecule has 1 aromatic carbocycles. The number of hydrogen-bond acceptors (Lipinski definition) is 4. The van der Waals surface area contributed by atoms with E-state index in [9.17, 15) is 10.0 Å². The van der Waals surface area contributed by atoms with E-state index < -0.39 is 5.54 Å². The van der Waals surface area contributed by atoms with Crippen molar-refractivity contribution in [2.45, 2.75) is 36.8 Å². The summed E-state index contributed by atoms with van der Waals surface area (Å²) in [4.78, 5) is 12.9. The molecule has 2 aliphatic carbocycles. The van der Waals surface area contributed by atoms with Gasteiger partial charge in [0.15, 0.2) is 0 Å². The standard InChI is InChI=1S/C21H24N2O3/c1-13-19-8-5-10-23(25)11-9-20(18(19)23)14-6-3-4-7-16(14)22-21(13,20)15(12-19)17(24)26-2/h3-8,13,15,18,22H,9-12H2,1-2H3/t13-,15?,18?,19?,20?,21?,23?/m1/s1. The topological polar surface area (TPSA) is 61.4 Å². The molecule has 6 unspecified atom stereocenters. The lowest BCUT2D eigenvalue weighted by molar-refractivity contribution is -0.897. The van der Waals surface area contributed by atoms with E-state index >= 15 is 0 Å². The largest absolute Gasteiger partial charge is 0.632 e. The highest BCUT2D eigenvalue weighted by Crippen LogP contribution is 2.80. The first-order valence-corrected chi connectivity index (χ1v) is 9.67. The molecule has 2 saturated carbocycles. The first-order valence-electron chi connectivity index (χ1n) is 9.67. The summed E-state index contributed by atoms with van der Waals surface area (Å²) in [5, 5.41) is 17.7. The number of esters is 1. The van der Waals surface area contributed by atoms with Gasteiger partial charge in [-0.1, -0.05) is 31.2 Å². The third-order valence-corrected chi connectivity index (χ3v) is 8.74. The molecule has 26 heavy (non-hydrogen) atoms. The molecule has 5 heteroatoms. The molecule has 3 heterocycles. The Morgan fingerprint density at radius 1 is 1.38 bits per heavy atom. The van der Waals surface area contributed by atoms with Gasteiger partial charge in [-0.05, 0) is 30.0 Å². The number of para-hydroxylation sites is 1. The van der Waals surface area contributed by atoms with Crippen LogP contribution in [0.4, 0.5) is 5.69 Å². The average Bonchev–Trinajstić information content (AvgIpc) is 3.27. The molecule has 0 amide bonds. The smallest absolute Gasteiger partial charge is 0.311 e. The first-order chi connectivity index (χ1) is 12.5. The molecule has 1 N–H and O–H groups in total. The molecule has 3 spiro atoms. The normalized spacial score (nSPS) is 51.6. The molecule has 5 nitrogen and oxygen atoms in total. The number of hydroxylamine groups is 3. The van der Waals surface area contributed by atoms with Gasteiger partial charge in [-0.2, -0.15) is 0 Å². The Hall–Kier alpha value is -1.85. The van der Waals surface area contributed by atoms with Crippen LogP contribution >= 0.6 is 0 Å². The van der Waals surface area contributed by atoms with E-state index in [-0.39, 0.29) is 39.3 Å². The number of ether oxygens (including phenoxy) is 1. The van der Waals surface area contributed by atoms with E-state index in [1.807, 2.05) is 6.07 Å². The van der Waals surface area contributed by atoms with Crippen molar-refractivity contribution in [1.29, 1.82) is 0 Å². The highest BCUT2D eigenvalue weighted by atomic mass is 16.6. The minimum Gasteiger partial charge on any atom is -0.632 e. The quantitative estimate of drug-likeness (QED) is 0.365. The molecule has 0 aromatic heterocycles. The number of anilines is 1. The second-order valence-electron chi connectivity index (χ2n) is 9.04. The monoisotopic (exact) mass is 352 g/mol.